The molecule has 2 saturated heterocycles. The van der Waals surface area contributed by atoms with Gasteiger partial charge >= 0.3 is 0 Å². The van der Waals surface area contributed by atoms with Crippen LogP contribution in [-0.4, -0.2) is 72.3 Å². The fourth-order valence-electron chi connectivity index (χ4n) is 4.85. The second-order valence-corrected chi connectivity index (χ2v) is 10.4. The first-order valence-electron chi connectivity index (χ1n) is 12.1. The highest BCUT2D eigenvalue weighted by atomic mass is 16.2. The average Bonchev–Trinajstić information content (AvgIpc) is 2.84. The van der Waals surface area contributed by atoms with Crippen LogP contribution in [0.1, 0.15) is 49.5 Å². The van der Waals surface area contributed by atoms with Gasteiger partial charge in [0.05, 0.1) is 0 Å². The fourth-order valence-corrected chi connectivity index (χ4v) is 4.85. The van der Waals surface area contributed by atoms with Gasteiger partial charge in [-0.1, -0.05) is 51.1 Å². The number of nitrogens with zero attached hydrogens (tertiary/aromatic N) is 4. The number of hydrogen-bond acceptors (Lipinski definition) is 5. The third-order valence-corrected chi connectivity index (χ3v) is 6.88. The van der Waals surface area contributed by atoms with E-state index in [9.17, 15) is 9.59 Å². The number of aromatic nitrogens is 1. The molecule has 1 amide bonds. The Morgan fingerprint density at radius 2 is 1.70 bits per heavy atom. The van der Waals surface area contributed by atoms with Gasteiger partial charge in [-0.15, -0.1) is 0 Å². The van der Waals surface area contributed by atoms with E-state index in [1.54, 1.807) is 17.0 Å². The van der Waals surface area contributed by atoms with Crippen LogP contribution >= 0.6 is 0 Å². The number of anilines is 1. The number of Topliss-reactive ketones (excluding diaryl/α,β-unsaturated/α-hetero) is 1. The maximum atomic E-state index is 13.0. The molecule has 2 fully saturated rings. The molecule has 0 radical (unpaired) electrons. The summed E-state index contributed by atoms with van der Waals surface area (Å²) in [6.45, 7) is 12.7. The lowest BCUT2D eigenvalue weighted by molar-refractivity contribution is -0.128. The predicted octanol–water partition coefficient (Wildman–Crippen LogP) is 3.62. The van der Waals surface area contributed by atoms with Crippen molar-refractivity contribution in [2.45, 2.75) is 39.0 Å². The summed E-state index contributed by atoms with van der Waals surface area (Å²) in [7, 11) is 0. The summed E-state index contributed by atoms with van der Waals surface area (Å²) in [6.07, 6.45) is 3.91. The Morgan fingerprint density at radius 3 is 2.33 bits per heavy atom. The number of hydrogen-bond donors (Lipinski definition) is 0. The number of benzene rings is 1. The van der Waals surface area contributed by atoms with E-state index in [1.165, 1.54) is 0 Å². The van der Waals surface area contributed by atoms with Crippen molar-refractivity contribution in [1.82, 2.24) is 14.8 Å². The molecular formula is C27H36N4O2. The van der Waals surface area contributed by atoms with E-state index in [-0.39, 0.29) is 17.1 Å². The van der Waals surface area contributed by atoms with Crippen LogP contribution < -0.4 is 4.90 Å². The summed E-state index contributed by atoms with van der Waals surface area (Å²) in [4.78, 5) is 36.9. The molecule has 1 atom stereocenters. The normalized spacial score (nSPS) is 20.0. The number of amides is 1. The van der Waals surface area contributed by atoms with Gasteiger partial charge in [0, 0.05) is 57.6 Å². The molecule has 3 heterocycles. The van der Waals surface area contributed by atoms with Crippen LogP contribution in [0.2, 0.25) is 0 Å². The minimum absolute atomic E-state index is 0.0226. The molecule has 0 spiro atoms. The van der Waals surface area contributed by atoms with Gasteiger partial charge in [-0.25, -0.2) is 4.98 Å². The van der Waals surface area contributed by atoms with Crippen molar-refractivity contribution in [2.75, 3.05) is 50.7 Å². The molecule has 0 saturated carbocycles. The molecular weight excluding hydrogens is 412 g/mol. The van der Waals surface area contributed by atoms with Crippen LogP contribution in [-0.2, 0) is 10.2 Å². The van der Waals surface area contributed by atoms with Crippen molar-refractivity contribution in [3.63, 3.8) is 0 Å². The Kier molecular flexibility index (Phi) is 7.13. The first-order valence-corrected chi connectivity index (χ1v) is 12.1. The van der Waals surface area contributed by atoms with Gasteiger partial charge < -0.3 is 9.80 Å². The maximum Gasteiger partial charge on any atom is 0.294 e. The largest absolute Gasteiger partial charge is 0.354 e. The van der Waals surface area contributed by atoms with Gasteiger partial charge in [-0.05, 0) is 41.9 Å². The van der Waals surface area contributed by atoms with Gasteiger partial charge in [-0.3, -0.25) is 14.5 Å². The zero-order chi connectivity index (χ0) is 23.4. The number of carbonyl (C=O) groups excluding carboxylic acids is 2. The Bertz CT molecular complexity index is 944. The molecule has 2 aliphatic rings. The minimum Gasteiger partial charge on any atom is -0.354 e. The third-order valence-electron chi connectivity index (χ3n) is 6.88. The standard InChI is InChI=1S/C27H36N4O2/c1-27(2,3)23-11-9-22(10-12-23)25(32)26(33)31-14-6-7-21(20-31)19-29-15-17-30(18-16-29)24-8-4-5-13-28-24/h4-5,8-13,21H,6-7,14-20H2,1-3H3. The summed E-state index contributed by atoms with van der Waals surface area (Å²) in [5, 5.41) is 0. The molecule has 2 aliphatic heterocycles. The zero-order valence-corrected chi connectivity index (χ0v) is 20.2. The molecule has 33 heavy (non-hydrogen) atoms. The molecule has 1 unspecified atom stereocenters. The monoisotopic (exact) mass is 448 g/mol. The van der Waals surface area contributed by atoms with E-state index in [1.807, 2.05) is 30.5 Å². The molecule has 1 aromatic heterocycles. The van der Waals surface area contributed by atoms with Gasteiger partial charge in [-0.2, -0.15) is 0 Å². The Hall–Kier alpha value is -2.73. The second-order valence-electron chi connectivity index (χ2n) is 10.4. The summed E-state index contributed by atoms with van der Waals surface area (Å²) in [6, 6.07) is 13.6. The van der Waals surface area contributed by atoms with Crippen molar-refractivity contribution >= 4 is 17.5 Å². The SMILES string of the molecule is CC(C)(C)c1ccc(C(=O)C(=O)N2CCCC(CN3CCN(c4ccccn4)CC3)C2)cc1. The predicted molar refractivity (Wildman–Crippen MR) is 132 cm³/mol. The number of likely N-dealkylation sites (tertiary alicyclic amines) is 1. The number of ketones is 1. The Labute approximate surface area is 197 Å². The number of piperazine rings is 1. The van der Waals surface area contributed by atoms with Crippen molar-refractivity contribution in [1.29, 1.82) is 0 Å². The smallest absolute Gasteiger partial charge is 0.294 e. The van der Waals surface area contributed by atoms with Gasteiger partial charge in [0.25, 0.3) is 5.91 Å². The highest BCUT2D eigenvalue weighted by molar-refractivity contribution is 6.42. The van der Waals surface area contributed by atoms with Gasteiger partial charge in [0.1, 0.15) is 5.82 Å². The number of piperidine rings is 1. The Morgan fingerprint density at radius 1 is 0.970 bits per heavy atom. The molecule has 6 heteroatoms. The van der Waals surface area contributed by atoms with Gasteiger partial charge in [0.2, 0.25) is 5.78 Å². The van der Waals surface area contributed by atoms with Crippen molar-refractivity contribution in [3.8, 4) is 0 Å². The third kappa shape index (κ3) is 5.80. The van der Waals surface area contributed by atoms with Crippen molar-refractivity contribution in [2.24, 2.45) is 5.92 Å². The quantitative estimate of drug-likeness (QED) is 0.517. The second kappa shape index (κ2) is 10.0. The average molecular weight is 449 g/mol. The summed E-state index contributed by atoms with van der Waals surface area (Å²) >= 11 is 0. The summed E-state index contributed by atoms with van der Waals surface area (Å²) in [5.74, 6) is 0.712. The molecule has 2 aromatic rings. The lowest BCUT2D eigenvalue weighted by Gasteiger charge is -2.39. The summed E-state index contributed by atoms with van der Waals surface area (Å²) in [5.41, 5.74) is 1.67. The zero-order valence-electron chi connectivity index (χ0n) is 20.2. The van der Waals surface area contributed by atoms with E-state index in [0.29, 0.717) is 24.6 Å². The number of rotatable bonds is 5. The summed E-state index contributed by atoms with van der Waals surface area (Å²) < 4.78 is 0. The molecule has 4 rings (SSSR count). The first kappa shape index (κ1) is 23.4. The van der Waals surface area contributed by atoms with Crippen LogP contribution in [0.5, 0.6) is 0 Å². The molecule has 0 aliphatic carbocycles. The van der Waals surface area contributed by atoms with Crippen LogP contribution in [0, 0.1) is 5.92 Å². The van der Waals surface area contributed by atoms with Crippen molar-refractivity contribution < 1.29 is 9.59 Å². The van der Waals surface area contributed by atoms with Crippen LogP contribution in [0.3, 0.4) is 0 Å². The molecule has 176 valence electrons. The van der Waals surface area contributed by atoms with Crippen molar-refractivity contribution in [3.05, 3.63) is 59.8 Å². The molecule has 1 aromatic carbocycles. The van der Waals surface area contributed by atoms with E-state index >= 15 is 0 Å². The van der Waals surface area contributed by atoms with E-state index in [4.69, 9.17) is 0 Å². The lowest BCUT2D eigenvalue weighted by atomic mass is 9.86. The number of carbonyl (C=O) groups is 2. The van der Waals surface area contributed by atoms with Crippen LogP contribution in [0.15, 0.2) is 48.7 Å². The highest BCUT2D eigenvalue weighted by Gasteiger charge is 2.30. The molecule has 0 N–H and O–H groups in total. The molecule has 0 bridgehead atoms. The minimum atomic E-state index is -0.389. The van der Waals surface area contributed by atoms with E-state index < -0.39 is 0 Å². The van der Waals surface area contributed by atoms with E-state index in [0.717, 1.165) is 56.9 Å². The van der Waals surface area contributed by atoms with E-state index in [2.05, 4.69) is 41.6 Å². The Balaban J connectivity index is 1.29. The topological polar surface area (TPSA) is 56.8 Å². The lowest BCUT2D eigenvalue weighted by Crippen LogP contribution is -2.51. The number of pyridine rings is 1. The highest BCUT2D eigenvalue weighted by Crippen LogP contribution is 2.24. The fraction of sp³-hybridized carbons (Fsp3) is 0.519. The van der Waals surface area contributed by atoms with Gasteiger partial charge in [0.15, 0.2) is 0 Å². The van der Waals surface area contributed by atoms with Crippen LogP contribution in [0.4, 0.5) is 5.82 Å². The first-order chi connectivity index (χ1) is 15.8. The molecule has 6 nitrogen and oxygen atoms in total. The maximum absolute atomic E-state index is 13.0. The van der Waals surface area contributed by atoms with Crippen LogP contribution in [0.25, 0.3) is 0 Å².